The molecule has 1 aliphatic carbocycles. The molecule has 0 spiro atoms. The van der Waals surface area contributed by atoms with Crippen molar-refractivity contribution in [3.8, 4) is 5.75 Å². The standard InChI is InChI=1S/C23H28N6O3S/c1-5-29(16-7-8-16)19(31)12-28-11-14(3)21(27-28)26-23-24-10-18(33-23)22(32)25-20-13(2)6-9-17(30)15(20)4/h6,9-11,16,30H,5,7-8,12H2,1-4H3,(H,25,32)(H,24,26,27). The lowest BCUT2D eigenvalue weighted by Crippen LogP contribution is -2.35. The fourth-order valence-corrected chi connectivity index (χ4v) is 4.43. The number of anilines is 3. The molecule has 2 heterocycles. The van der Waals surface area contributed by atoms with Crippen LogP contribution in [0, 0.1) is 20.8 Å². The summed E-state index contributed by atoms with van der Waals surface area (Å²) in [4.78, 5) is 31.9. The third-order valence-electron chi connectivity index (χ3n) is 5.73. The van der Waals surface area contributed by atoms with Crippen molar-refractivity contribution in [2.75, 3.05) is 17.2 Å². The molecule has 174 valence electrons. The molecule has 3 N–H and O–H groups in total. The Bertz CT molecular complexity index is 1200. The zero-order valence-corrected chi connectivity index (χ0v) is 20.0. The van der Waals surface area contributed by atoms with E-state index < -0.39 is 0 Å². The number of carbonyl (C=O) groups is 2. The number of aromatic hydroxyl groups is 1. The second kappa shape index (κ2) is 9.22. The second-order valence-electron chi connectivity index (χ2n) is 8.28. The van der Waals surface area contributed by atoms with Crippen molar-refractivity contribution >= 4 is 39.8 Å². The molecule has 9 nitrogen and oxygen atoms in total. The monoisotopic (exact) mass is 468 g/mol. The number of hydrogen-bond acceptors (Lipinski definition) is 7. The molecule has 0 bridgehead atoms. The number of aryl methyl sites for hydroxylation is 2. The highest BCUT2D eigenvalue weighted by Gasteiger charge is 2.31. The molecule has 0 atom stereocenters. The minimum Gasteiger partial charge on any atom is -0.508 e. The van der Waals surface area contributed by atoms with Crippen LogP contribution >= 0.6 is 11.3 Å². The van der Waals surface area contributed by atoms with Crippen LogP contribution in [0.5, 0.6) is 5.75 Å². The maximum Gasteiger partial charge on any atom is 0.267 e. The minimum atomic E-state index is -0.301. The molecule has 0 aliphatic heterocycles. The number of phenols is 1. The Labute approximate surface area is 196 Å². The topological polar surface area (TPSA) is 112 Å². The summed E-state index contributed by atoms with van der Waals surface area (Å²) in [5.74, 6) is 0.495. The van der Waals surface area contributed by atoms with Crippen LogP contribution in [0.1, 0.15) is 46.1 Å². The van der Waals surface area contributed by atoms with E-state index in [9.17, 15) is 14.7 Å². The average Bonchev–Trinajstić information content (AvgIpc) is 3.39. The van der Waals surface area contributed by atoms with Crippen molar-refractivity contribution in [2.45, 2.75) is 53.1 Å². The van der Waals surface area contributed by atoms with Crippen LogP contribution in [-0.4, -0.2) is 49.2 Å². The highest BCUT2D eigenvalue weighted by molar-refractivity contribution is 7.17. The van der Waals surface area contributed by atoms with Gasteiger partial charge < -0.3 is 20.6 Å². The Morgan fingerprint density at radius 3 is 2.70 bits per heavy atom. The van der Waals surface area contributed by atoms with E-state index in [2.05, 4.69) is 20.7 Å². The molecule has 0 radical (unpaired) electrons. The number of carbonyl (C=O) groups excluding carboxylic acids is 2. The first-order valence-corrected chi connectivity index (χ1v) is 11.7. The van der Waals surface area contributed by atoms with Gasteiger partial charge in [-0.25, -0.2) is 4.98 Å². The third kappa shape index (κ3) is 5.00. The number of rotatable bonds is 8. The van der Waals surface area contributed by atoms with Crippen molar-refractivity contribution in [1.29, 1.82) is 0 Å². The summed E-state index contributed by atoms with van der Waals surface area (Å²) < 4.78 is 1.64. The third-order valence-corrected chi connectivity index (χ3v) is 6.64. The Morgan fingerprint density at radius 2 is 2.00 bits per heavy atom. The van der Waals surface area contributed by atoms with Gasteiger partial charge in [0, 0.05) is 29.9 Å². The van der Waals surface area contributed by atoms with E-state index in [1.807, 2.05) is 31.9 Å². The molecule has 2 amide bonds. The fraction of sp³-hybridized carbons (Fsp3) is 0.391. The van der Waals surface area contributed by atoms with Gasteiger partial charge in [0.05, 0.1) is 11.9 Å². The van der Waals surface area contributed by atoms with E-state index in [4.69, 9.17) is 0 Å². The largest absolute Gasteiger partial charge is 0.508 e. The van der Waals surface area contributed by atoms with E-state index in [1.165, 1.54) is 17.5 Å². The lowest BCUT2D eigenvalue weighted by Gasteiger charge is -2.20. The number of nitrogens with one attached hydrogen (secondary N) is 2. The van der Waals surface area contributed by atoms with Gasteiger partial charge in [-0.2, -0.15) is 5.10 Å². The summed E-state index contributed by atoms with van der Waals surface area (Å²) in [5, 5.41) is 21.0. The van der Waals surface area contributed by atoms with Gasteiger partial charge >= 0.3 is 0 Å². The first-order chi connectivity index (χ1) is 15.8. The van der Waals surface area contributed by atoms with Crippen LogP contribution in [0.3, 0.4) is 0 Å². The summed E-state index contributed by atoms with van der Waals surface area (Å²) in [5.41, 5.74) is 2.95. The second-order valence-corrected chi connectivity index (χ2v) is 9.31. The van der Waals surface area contributed by atoms with Crippen LogP contribution in [0.25, 0.3) is 0 Å². The van der Waals surface area contributed by atoms with Gasteiger partial charge in [-0.05, 0) is 52.2 Å². The molecule has 10 heteroatoms. The SMILES string of the molecule is CCN(C(=O)Cn1cc(C)c(Nc2ncc(C(=O)Nc3c(C)ccc(O)c3C)s2)n1)C1CC1. The number of aromatic nitrogens is 3. The molecule has 1 saturated carbocycles. The highest BCUT2D eigenvalue weighted by atomic mass is 32.1. The number of amides is 2. The molecule has 1 fully saturated rings. The van der Waals surface area contributed by atoms with E-state index >= 15 is 0 Å². The van der Waals surface area contributed by atoms with Crippen molar-refractivity contribution in [3.05, 3.63) is 46.1 Å². The Hall–Kier alpha value is -3.40. The zero-order chi connectivity index (χ0) is 23.7. The molecule has 1 aliphatic rings. The van der Waals surface area contributed by atoms with Gasteiger partial charge in [0.25, 0.3) is 5.91 Å². The van der Waals surface area contributed by atoms with Crippen LogP contribution in [0.2, 0.25) is 0 Å². The van der Waals surface area contributed by atoms with Gasteiger partial charge in [-0.3, -0.25) is 14.3 Å². The van der Waals surface area contributed by atoms with E-state index in [0.29, 0.717) is 39.7 Å². The van der Waals surface area contributed by atoms with Gasteiger partial charge in [0.1, 0.15) is 17.2 Å². The number of thiazole rings is 1. The number of nitrogens with zero attached hydrogens (tertiary/aromatic N) is 4. The lowest BCUT2D eigenvalue weighted by atomic mass is 10.1. The number of hydrogen-bond donors (Lipinski definition) is 3. The predicted octanol–water partition coefficient (Wildman–Crippen LogP) is 3.98. The predicted molar refractivity (Wildman–Crippen MR) is 128 cm³/mol. The van der Waals surface area contributed by atoms with Crippen LogP contribution in [0.4, 0.5) is 16.6 Å². The smallest absolute Gasteiger partial charge is 0.267 e. The summed E-state index contributed by atoms with van der Waals surface area (Å²) in [7, 11) is 0. The molecular weight excluding hydrogens is 440 g/mol. The van der Waals surface area contributed by atoms with Crippen molar-refractivity contribution in [1.82, 2.24) is 19.7 Å². The number of likely N-dealkylation sites (N-methyl/N-ethyl adjacent to an activating group) is 1. The summed E-state index contributed by atoms with van der Waals surface area (Å²) in [6.07, 6.45) is 5.49. The first kappa shape index (κ1) is 22.8. The normalized spacial score (nSPS) is 13.1. The minimum absolute atomic E-state index is 0.0693. The molecule has 4 rings (SSSR count). The van der Waals surface area contributed by atoms with E-state index in [0.717, 1.165) is 24.0 Å². The summed E-state index contributed by atoms with van der Waals surface area (Å²) in [6, 6.07) is 3.74. The van der Waals surface area contributed by atoms with Gasteiger partial charge in [-0.15, -0.1) is 0 Å². The quantitative estimate of drug-likeness (QED) is 0.461. The Balaban J connectivity index is 1.42. The fourth-order valence-electron chi connectivity index (χ4n) is 3.72. The van der Waals surface area contributed by atoms with Gasteiger partial charge in [-0.1, -0.05) is 17.4 Å². The zero-order valence-electron chi connectivity index (χ0n) is 19.2. The van der Waals surface area contributed by atoms with Crippen molar-refractivity contribution in [2.24, 2.45) is 0 Å². The molecule has 0 saturated heterocycles. The van der Waals surface area contributed by atoms with Crippen LogP contribution in [-0.2, 0) is 11.3 Å². The number of benzene rings is 1. The van der Waals surface area contributed by atoms with E-state index in [-0.39, 0.29) is 24.1 Å². The first-order valence-electron chi connectivity index (χ1n) is 10.9. The molecule has 0 unspecified atom stereocenters. The Morgan fingerprint density at radius 1 is 1.24 bits per heavy atom. The summed E-state index contributed by atoms with van der Waals surface area (Å²) >= 11 is 1.20. The van der Waals surface area contributed by atoms with Crippen LogP contribution < -0.4 is 10.6 Å². The van der Waals surface area contributed by atoms with Crippen molar-refractivity contribution < 1.29 is 14.7 Å². The lowest BCUT2D eigenvalue weighted by molar-refractivity contribution is -0.132. The van der Waals surface area contributed by atoms with Crippen molar-refractivity contribution in [3.63, 3.8) is 0 Å². The molecule has 1 aromatic carbocycles. The summed E-state index contributed by atoms with van der Waals surface area (Å²) in [6.45, 7) is 8.43. The highest BCUT2D eigenvalue weighted by Crippen LogP contribution is 2.30. The average molecular weight is 469 g/mol. The van der Waals surface area contributed by atoms with E-state index in [1.54, 1.807) is 23.7 Å². The number of phenolic OH excluding ortho intramolecular Hbond substituents is 1. The Kier molecular flexibility index (Phi) is 6.37. The molecule has 2 aromatic heterocycles. The maximum absolute atomic E-state index is 12.7. The van der Waals surface area contributed by atoms with Gasteiger partial charge in [0.2, 0.25) is 5.91 Å². The molecule has 33 heavy (non-hydrogen) atoms. The maximum atomic E-state index is 12.7. The molecule has 3 aromatic rings. The molecular formula is C23H28N6O3S. The van der Waals surface area contributed by atoms with Gasteiger partial charge in [0.15, 0.2) is 10.9 Å². The van der Waals surface area contributed by atoms with Crippen LogP contribution in [0.15, 0.2) is 24.5 Å².